The molecule has 0 saturated carbocycles. The van der Waals surface area contributed by atoms with E-state index in [9.17, 15) is 4.79 Å². The molecule has 0 radical (unpaired) electrons. The fourth-order valence-electron chi connectivity index (χ4n) is 4.36. The summed E-state index contributed by atoms with van der Waals surface area (Å²) in [5.41, 5.74) is 3.41. The summed E-state index contributed by atoms with van der Waals surface area (Å²) in [5, 5.41) is 0. The van der Waals surface area contributed by atoms with Crippen LogP contribution in [-0.4, -0.2) is 83.5 Å². The normalized spacial score (nSPS) is 14.8. The van der Waals surface area contributed by atoms with Crippen LogP contribution in [0, 0.1) is 0 Å². The summed E-state index contributed by atoms with van der Waals surface area (Å²) in [5.74, 6) is -0.0433. The Kier molecular flexibility index (Phi) is 8.10. The van der Waals surface area contributed by atoms with Gasteiger partial charge < -0.3 is 18.9 Å². The van der Waals surface area contributed by atoms with Gasteiger partial charge in [0.1, 0.15) is 5.65 Å². The maximum Gasteiger partial charge on any atom is 0.274 e. The molecule has 0 unspecified atom stereocenters. The van der Waals surface area contributed by atoms with Crippen molar-refractivity contribution in [2.45, 2.75) is 25.9 Å². The molecule has 0 N–H and O–H groups in total. The SMILES string of the molecule is CN(CCCCN1CCOCC1)Cc1c(C(=O)N(C)Cc2ccccc2)nc2ccccn12. The van der Waals surface area contributed by atoms with Crippen molar-refractivity contribution in [3.63, 3.8) is 0 Å². The van der Waals surface area contributed by atoms with E-state index in [0.29, 0.717) is 18.8 Å². The van der Waals surface area contributed by atoms with Crippen molar-refractivity contribution in [3.05, 3.63) is 71.7 Å². The molecule has 7 nitrogen and oxygen atoms in total. The summed E-state index contributed by atoms with van der Waals surface area (Å²) in [6.45, 7) is 7.14. The third-order valence-corrected chi connectivity index (χ3v) is 6.23. The highest BCUT2D eigenvalue weighted by Crippen LogP contribution is 2.18. The zero-order valence-electron chi connectivity index (χ0n) is 19.8. The maximum atomic E-state index is 13.4. The van der Waals surface area contributed by atoms with Crippen molar-refractivity contribution in [1.29, 1.82) is 0 Å². The first-order chi connectivity index (χ1) is 16.1. The molecule has 0 bridgehead atoms. The Morgan fingerprint density at radius 2 is 1.76 bits per heavy atom. The Bertz CT molecular complexity index is 1030. The maximum absolute atomic E-state index is 13.4. The largest absolute Gasteiger partial charge is 0.379 e. The van der Waals surface area contributed by atoms with E-state index in [1.54, 1.807) is 4.90 Å². The Morgan fingerprint density at radius 1 is 1.00 bits per heavy atom. The molecule has 7 heteroatoms. The average Bonchev–Trinajstić information content (AvgIpc) is 3.21. The number of fused-ring (bicyclic) bond motifs is 1. The summed E-state index contributed by atoms with van der Waals surface area (Å²) in [4.78, 5) is 24.6. The van der Waals surface area contributed by atoms with Crippen LogP contribution in [0.15, 0.2) is 54.7 Å². The smallest absolute Gasteiger partial charge is 0.274 e. The summed E-state index contributed by atoms with van der Waals surface area (Å²) in [6.07, 6.45) is 4.29. The number of nitrogens with zero attached hydrogens (tertiary/aromatic N) is 5. The standard InChI is InChI=1S/C26H35N5O2/c1-28(13-8-9-14-30-16-18-33-19-17-30)21-23-25(27-24-12-6-7-15-31(23)24)26(32)29(2)20-22-10-4-3-5-11-22/h3-7,10-12,15H,8-9,13-14,16-21H2,1-2H3. The van der Waals surface area contributed by atoms with Gasteiger partial charge in [-0.3, -0.25) is 9.69 Å². The minimum Gasteiger partial charge on any atom is -0.379 e. The second-order valence-corrected chi connectivity index (χ2v) is 8.88. The highest BCUT2D eigenvalue weighted by molar-refractivity contribution is 5.94. The van der Waals surface area contributed by atoms with Crippen LogP contribution in [0.1, 0.15) is 34.6 Å². The molecule has 0 aliphatic carbocycles. The van der Waals surface area contributed by atoms with Crippen LogP contribution in [0.5, 0.6) is 0 Å². The van der Waals surface area contributed by atoms with Gasteiger partial charge in [-0.25, -0.2) is 4.98 Å². The van der Waals surface area contributed by atoms with Crippen molar-refractivity contribution in [2.24, 2.45) is 0 Å². The first-order valence-electron chi connectivity index (χ1n) is 11.9. The van der Waals surface area contributed by atoms with E-state index in [0.717, 1.165) is 62.7 Å². The molecule has 0 atom stereocenters. The van der Waals surface area contributed by atoms with Crippen LogP contribution < -0.4 is 0 Å². The molecule has 3 heterocycles. The number of unbranched alkanes of at least 4 members (excludes halogenated alkanes) is 1. The molecule has 1 aliphatic rings. The van der Waals surface area contributed by atoms with Crippen molar-refractivity contribution in [2.75, 3.05) is 53.5 Å². The summed E-state index contributed by atoms with van der Waals surface area (Å²) in [6, 6.07) is 16.0. The van der Waals surface area contributed by atoms with Gasteiger partial charge >= 0.3 is 0 Å². The minimum atomic E-state index is -0.0433. The van der Waals surface area contributed by atoms with Gasteiger partial charge in [0.15, 0.2) is 5.69 Å². The lowest BCUT2D eigenvalue weighted by atomic mass is 10.2. The number of amides is 1. The van der Waals surface area contributed by atoms with E-state index in [1.807, 2.05) is 66.2 Å². The van der Waals surface area contributed by atoms with E-state index in [1.165, 1.54) is 6.42 Å². The molecule has 1 aromatic carbocycles. The molecule has 1 saturated heterocycles. The second-order valence-electron chi connectivity index (χ2n) is 8.88. The lowest BCUT2D eigenvalue weighted by Gasteiger charge is -2.26. The van der Waals surface area contributed by atoms with Crippen LogP contribution in [0.3, 0.4) is 0 Å². The zero-order valence-corrected chi connectivity index (χ0v) is 19.8. The van der Waals surface area contributed by atoms with Gasteiger partial charge in [0.25, 0.3) is 5.91 Å². The highest BCUT2D eigenvalue weighted by atomic mass is 16.5. The number of aromatic nitrogens is 2. The Morgan fingerprint density at radius 3 is 2.55 bits per heavy atom. The minimum absolute atomic E-state index is 0.0433. The summed E-state index contributed by atoms with van der Waals surface area (Å²) >= 11 is 0. The molecular formula is C26H35N5O2. The molecule has 33 heavy (non-hydrogen) atoms. The lowest BCUT2D eigenvalue weighted by molar-refractivity contribution is 0.0369. The molecule has 0 spiro atoms. The van der Waals surface area contributed by atoms with Gasteiger partial charge in [-0.05, 0) is 50.7 Å². The highest BCUT2D eigenvalue weighted by Gasteiger charge is 2.23. The fourth-order valence-corrected chi connectivity index (χ4v) is 4.36. The van der Waals surface area contributed by atoms with Crippen molar-refractivity contribution in [3.8, 4) is 0 Å². The summed E-state index contributed by atoms with van der Waals surface area (Å²) < 4.78 is 7.48. The van der Waals surface area contributed by atoms with Crippen LogP contribution in [0.2, 0.25) is 0 Å². The van der Waals surface area contributed by atoms with Crippen molar-refractivity contribution < 1.29 is 9.53 Å². The van der Waals surface area contributed by atoms with E-state index in [4.69, 9.17) is 9.72 Å². The van der Waals surface area contributed by atoms with Crippen LogP contribution in [0.4, 0.5) is 0 Å². The second kappa shape index (κ2) is 11.4. The van der Waals surface area contributed by atoms with E-state index < -0.39 is 0 Å². The van der Waals surface area contributed by atoms with Crippen LogP contribution >= 0.6 is 0 Å². The zero-order chi connectivity index (χ0) is 23.0. The third kappa shape index (κ3) is 6.19. The van der Waals surface area contributed by atoms with Crippen molar-refractivity contribution >= 4 is 11.6 Å². The predicted molar refractivity (Wildman–Crippen MR) is 130 cm³/mol. The number of carbonyl (C=O) groups excluding carboxylic acids is 1. The number of hydrogen-bond acceptors (Lipinski definition) is 5. The molecule has 4 rings (SSSR count). The third-order valence-electron chi connectivity index (χ3n) is 6.23. The Balaban J connectivity index is 1.40. The predicted octanol–water partition coefficient (Wildman–Crippen LogP) is 3.15. The van der Waals surface area contributed by atoms with E-state index in [2.05, 4.69) is 16.8 Å². The summed E-state index contributed by atoms with van der Waals surface area (Å²) in [7, 11) is 3.97. The first-order valence-corrected chi connectivity index (χ1v) is 11.9. The quantitative estimate of drug-likeness (QED) is 0.445. The van der Waals surface area contributed by atoms with Gasteiger partial charge in [-0.2, -0.15) is 0 Å². The van der Waals surface area contributed by atoms with Gasteiger partial charge in [-0.1, -0.05) is 36.4 Å². The van der Waals surface area contributed by atoms with E-state index in [-0.39, 0.29) is 5.91 Å². The molecule has 1 amide bonds. The molecule has 1 aliphatic heterocycles. The van der Waals surface area contributed by atoms with Crippen molar-refractivity contribution in [1.82, 2.24) is 24.1 Å². The monoisotopic (exact) mass is 449 g/mol. The number of imidazole rings is 1. The molecular weight excluding hydrogens is 414 g/mol. The van der Waals surface area contributed by atoms with E-state index >= 15 is 0 Å². The van der Waals surface area contributed by atoms with Gasteiger partial charge in [0.2, 0.25) is 0 Å². The fraction of sp³-hybridized carbons (Fsp3) is 0.462. The molecule has 2 aromatic heterocycles. The van der Waals surface area contributed by atoms with Crippen LogP contribution in [-0.2, 0) is 17.8 Å². The molecule has 176 valence electrons. The van der Waals surface area contributed by atoms with Crippen LogP contribution in [0.25, 0.3) is 5.65 Å². The number of rotatable bonds is 10. The Hall–Kier alpha value is -2.74. The number of ether oxygens (including phenoxy) is 1. The first kappa shape index (κ1) is 23.4. The number of benzene rings is 1. The number of hydrogen-bond donors (Lipinski definition) is 0. The number of carbonyl (C=O) groups is 1. The number of pyridine rings is 1. The molecule has 1 fully saturated rings. The Labute approximate surface area is 196 Å². The molecule has 3 aromatic rings. The topological polar surface area (TPSA) is 53.3 Å². The number of morpholine rings is 1. The lowest BCUT2D eigenvalue weighted by Crippen LogP contribution is -2.37. The average molecular weight is 450 g/mol. The van der Waals surface area contributed by atoms with Gasteiger partial charge in [0, 0.05) is 39.4 Å². The van der Waals surface area contributed by atoms with Gasteiger partial charge in [0.05, 0.1) is 18.9 Å². The van der Waals surface area contributed by atoms with Gasteiger partial charge in [-0.15, -0.1) is 0 Å².